The van der Waals surface area contributed by atoms with Gasteiger partial charge >= 0.3 is 0 Å². The van der Waals surface area contributed by atoms with Crippen molar-refractivity contribution in [1.82, 2.24) is 10.3 Å². The van der Waals surface area contributed by atoms with Crippen molar-refractivity contribution in [2.24, 2.45) is 0 Å². The summed E-state index contributed by atoms with van der Waals surface area (Å²) >= 11 is 0. The lowest BCUT2D eigenvalue weighted by molar-refractivity contribution is -0.123. The van der Waals surface area contributed by atoms with E-state index >= 15 is 0 Å². The van der Waals surface area contributed by atoms with Crippen molar-refractivity contribution in [1.29, 1.82) is 0 Å². The maximum atomic E-state index is 11.8. The van der Waals surface area contributed by atoms with E-state index in [2.05, 4.69) is 24.1 Å². The quantitative estimate of drug-likeness (QED) is 0.879. The molecule has 1 amide bonds. The summed E-state index contributed by atoms with van der Waals surface area (Å²) in [5, 5.41) is 3.94. The molecule has 1 N–H and O–H groups in total. The van der Waals surface area contributed by atoms with Crippen LogP contribution in [-0.2, 0) is 4.79 Å². The predicted octanol–water partition coefficient (Wildman–Crippen LogP) is 2.92. The fourth-order valence-electron chi connectivity index (χ4n) is 2.04. The van der Waals surface area contributed by atoms with Crippen LogP contribution in [0.4, 0.5) is 0 Å². The molecule has 0 aliphatic rings. The number of aromatic nitrogens is 1. The second-order valence-electron chi connectivity index (χ2n) is 4.73. The summed E-state index contributed by atoms with van der Waals surface area (Å²) in [6.45, 7) is 4.14. The van der Waals surface area contributed by atoms with Crippen molar-refractivity contribution in [3.05, 3.63) is 36.5 Å². The second kappa shape index (κ2) is 6.89. The molecule has 0 saturated carbocycles. The zero-order valence-electron chi connectivity index (χ0n) is 11.9. The number of pyridine rings is 1. The standard InChI is InChI=1S/C16H20N2O2/c1-3-13(4-2)18-16(19)11-20-14-9-12-7-5-6-8-15(12)17-10-14/h5-10,13H,3-4,11H2,1-2H3,(H,18,19). The molecular formula is C16H20N2O2. The summed E-state index contributed by atoms with van der Waals surface area (Å²) in [6.07, 6.45) is 3.51. The first kappa shape index (κ1) is 14.3. The van der Waals surface area contributed by atoms with Crippen LogP contribution in [0.15, 0.2) is 36.5 Å². The number of nitrogens with one attached hydrogen (secondary N) is 1. The van der Waals surface area contributed by atoms with Gasteiger partial charge in [0.15, 0.2) is 6.61 Å². The highest BCUT2D eigenvalue weighted by atomic mass is 16.5. The Balaban J connectivity index is 1.93. The third-order valence-electron chi connectivity index (χ3n) is 3.29. The molecule has 1 aromatic heterocycles. The summed E-state index contributed by atoms with van der Waals surface area (Å²) in [4.78, 5) is 16.0. The van der Waals surface area contributed by atoms with Crippen molar-refractivity contribution in [2.75, 3.05) is 6.61 Å². The van der Waals surface area contributed by atoms with Crippen molar-refractivity contribution < 1.29 is 9.53 Å². The highest BCUT2D eigenvalue weighted by molar-refractivity contribution is 5.80. The van der Waals surface area contributed by atoms with Crippen molar-refractivity contribution in [3.8, 4) is 5.75 Å². The molecule has 0 unspecified atom stereocenters. The fraction of sp³-hybridized carbons (Fsp3) is 0.375. The molecule has 2 aromatic rings. The third-order valence-corrected chi connectivity index (χ3v) is 3.29. The third kappa shape index (κ3) is 3.70. The molecule has 0 fully saturated rings. The van der Waals surface area contributed by atoms with Crippen LogP contribution in [0.1, 0.15) is 26.7 Å². The number of hydrogen-bond donors (Lipinski definition) is 1. The first-order valence-electron chi connectivity index (χ1n) is 7.00. The molecule has 4 nitrogen and oxygen atoms in total. The minimum absolute atomic E-state index is 0.0243. The maximum absolute atomic E-state index is 11.8. The molecular weight excluding hydrogens is 252 g/mol. The number of carbonyl (C=O) groups is 1. The highest BCUT2D eigenvalue weighted by Crippen LogP contribution is 2.17. The number of ether oxygens (including phenoxy) is 1. The van der Waals surface area contributed by atoms with Crippen molar-refractivity contribution in [2.45, 2.75) is 32.7 Å². The van der Waals surface area contributed by atoms with Crippen LogP contribution >= 0.6 is 0 Å². The van der Waals surface area contributed by atoms with E-state index in [1.807, 2.05) is 30.3 Å². The molecule has 0 bridgehead atoms. The van der Waals surface area contributed by atoms with E-state index in [1.54, 1.807) is 6.20 Å². The van der Waals surface area contributed by atoms with Gasteiger partial charge in [0.25, 0.3) is 5.91 Å². The van der Waals surface area contributed by atoms with Crippen molar-refractivity contribution in [3.63, 3.8) is 0 Å². The SMILES string of the molecule is CCC(CC)NC(=O)COc1cnc2ccccc2c1. The van der Waals surface area contributed by atoms with Gasteiger partial charge in [-0.25, -0.2) is 0 Å². The van der Waals surface area contributed by atoms with E-state index < -0.39 is 0 Å². The monoisotopic (exact) mass is 272 g/mol. The average molecular weight is 272 g/mol. The summed E-state index contributed by atoms with van der Waals surface area (Å²) in [5.74, 6) is 0.523. The van der Waals surface area contributed by atoms with Gasteiger partial charge in [-0.1, -0.05) is 32.0 Å². The molecule has 0 aliphatic heterocycles. The molecule has 2 rings (SSSR count). The summed E-state index contributed by atoms with van der Waals surface area (Å²) in [6, 6.07) is 9.93. The van der Waals surface area contributed by atoms with E-state index in [9.17, 15) is 4.79 Å². The zero-order valence-corrected chi connectivity index (χ0v) is 11.9. The maximum Gasteiger partial charge on any atom is 0.258 e. The van der Waals surface area contributed by atoms with Crippen molar-refractivity contribution >= 4 is 16.8 Å². The van der Waals surface area contributed by atoms with Gasteiger partial charge in [0.1, 0.15) is 5.75 Å². The van der Waals surface area contributed by atoms with Gasteiger partial charge in [-0.05, 0) is 25.0 Å². The van der Waals surface area contributed by atoms with Crippen LogP contribution in [0.3, 0.4) is 0 Å². The normalized spacial score (nSPS) is 10.8. The first-order chi connectivity index (χ1) is 9.72. The molecule has 0 atom stereocenters. The van der Waals surface area contributed by atoms with Crippen LogP contribution in [0, 0.1) is 0 Å². The molecule has 0 saturated heterocycles. The first-order valence-corrected chi connectivity index (χ1v) is 7.00. The second-order valence-corrected chi connectivity index (χ2v) is 4.73. The Kier molecular flexibility index (Phi) is 4.93. The average Bonchev–Trinajstić information content (AvgIpc) is 2.50. The zero-order chi connectivity index (χ0) is 14.4. The Bertz CT molecular complexity index is 579. The number of benzene rings is 1. The smallest absolute Gasteiger partial charge is 0.258 e. The van der Waals surface area contributed by atoms with Crippen LogP contribution in [0.5, 0.6) is 5.75 Å². The van der Waals surface area contributed by atoms with E-state index in [1.165, 1.54) is 0 Å². The Morgan fingerprint density at radius 2 is 2.05 bits per heavy atom. The predicted molar refractivity (Wildman–Crippen MR) is 79.8 cm³/mol. The van der Waals surface area contributed by atoms with Gasteiger partial charge in [-0.3, -0.25) is 9.78 Å². The van der Waals surface area contributed by atoms with E-state index in [-0.39, 0.29) is 18.6 Å². The number of fused-ring (bicyclic) bond motifs is 1. The molecule has 20 heavy (non-hydrogen) atoms. The Morgan fingerprint density at radius 1 is 1.30 bits per heavy atom. The van der Waals surface area contributed by atoms with Gasteiger partial charge in [0.2, 0.25) is 0 Å². The van der Waals surface area contributed by atoms with Crippen LogP contribution in [0.25, 0.3) is 10.9 Å². The van der Waals surface area contributed by atoms with Crippen LogP contribution < -0.4 is 10.1 Å². The number of para-hydroxylation sites is 1. The van der Waals surface area contributed by atoms with Crippen LogP contribution in [-0.4, -0.2) is 23.5 Å². The molecule has 0 spiro atoms. The van der Waals surface area contributed by atoms with Gasteiger partial charge in [-0.15, -0.1) is 0 Å². The van der Waals surface area contributed by atoms with Gasteiger partial charge in [0, 0.05) is 11.4 Å². The largest absolute Gasteiger partial charge is 0.482 e. The summed E-state index contributed by atoms with van der Waals surface area (Å²) in [7, 11) is 0. The van der Waals surface area contributed by atoms with Crippen LogP contribution in [0.2, 0.25) is 0 Å². The van der Waals surface area contributed by atoms with E-state index in [4.69, 9.17) is 4.74 Å². The lowest BCUT2D eigenvalue weighted by Gasteiger charge is -2.14. The summed E-state index contributed by atoms with van der Waals surface area (Å²) < 4.78 is 5.49. The van der Waals surface area contributed by atoms with E-state index in [0.29, 0.717) is 5.75 Å². The van der Waals surface area contributed by atoms with Gasteiger partial charge < -0.3 is 10.1 Å². The lowest BCUT2D eigenvalue weighted by Crippen LogP contribution is -2.37. The molecule has 1 heterocycles. The number of carbonyl (C=O) groups excluding carboxylic acids is 1. The number of amides is 1. The lowest BCUT2D eigenvalue weighted by atomic mass is 10.2. The number of rotatable bonds is 6. The molecule has 4 heteroatoms. The summed E-state index contributed by atoms with van der Waals surface area (Å²) in [5.41, 5.74) is 0.918. The minimum Gasteiger partial charge on any atom is -0.482 e. The van der Waals surface area contributed by atoms with Gasteiger partial charge in [-0.2, -0.15) is 0 Å². The Labute approximate surface area is 119 Å². The van der Waals surface area contributed by atoms with E-state index in [0.717, 1.165) is 23.7 Å². The molecule has 1 aromatic carbocycles. The Hall–Kier alpha value is -2.10. The molecule has 0 radical (unpaired) electrons. The minimum atomic E-state index is -0.0909. The number of nitrogens with zero attached hydrogens (tertiary/aromatic N) is 1. The topological polar surface area (TPSA) is 51.2 Å². The highest BCUT2D eigenvalue weighted by Gasteiger charge is 2.09. The van der Waals surface area contributed by atoms with Gasteiger partial charge in [0.05, 0.1) is 11.7 Å². The molecule has 0 aliphatic carbocycles. The Morgan fingerprint density at radius 3 is 2.80 bits per heavy atom. The fourth-order valence-corrected chi connectivity index (χ4v) is 2.04. The number of hydrogen-bond acceptors (Lipinski definition) is 3. The molecule has 106 valence electrons.